The molecule has 1 saturated heterocycles. The van der Waals surface area contributed by atoms with Gasteiger partial charge >= 0.3 is 6.29 Å². The molecule has 0 unspecified atom stereocenters. The van der Waals surface area contributed by atoms with Gasteiger partial charge in [-0.15, -0.1) is 8.78 Å². The van der Waals surface area contributed by atoms with Crippen molar-refractivity contribution in [1.82, 2.24) is 5.32 Å². The Morgan fingerprint density at radius 1 is 0.897 bits per heavy atom. The molecule has 2 fully saturated rings. The second-order valence-corrected chi connectivity index (χ2v) is 9.65. The Kier molecular flexibility index (Phi) is 8.51. The Balaban J connectivity index is 1.58. The first-order chi connectivity index (χ1) is 18.7. The first kappa shape index (κ1) is 28.0. The highest BCUT2D eigenvalue weighted by atomic mass is 19.3. The predicted molar refractivity (Wildman–Crippen MR) is 149 cm³/mol. The number of rotatable bonds is 11. The second-order valence-electron chi connectivity index (χ2n) is 9.65. The summed E-state index contributed by atoms with van der Waals surface area (Å²) in [5, 5.41) is 3.23. The number of hydrogen-bond acceptors (Lipinski definition) is 4. The minimum Gasteiger partial charge on any atom is -0.395 e. The Morgan fingerprint density at radius 3 is 2.23 bits per heavy atom. The Bertz CT molecular complexity index is 1270. The van der Waals surface area contributed by atoms with Crippen molar-refractivity contribution >= 4 is 5.91 Å². The molecule has 3 aliphatic rings. The van der Waals surface area contributed by atoms with Crippen LogP contribution in [0.15, 0.2) is 116 Å². The van der Waals surface area contributed by atoms with E-state index in [1.807, 2.05) is 36.5 Å². The van der Waals surface area contributed by atoms with Crippen molar-refractivity contribution in [3.05, 3.63) is 122 Å². The molecule has 1 N–H and O–H groups in total. The number of carbonyl (C=O) groups is 1. The number of alkyl halides is 2. The molecule has 1 aliphatic carbocycles. The highest BCUT2D eigenvalue weighted by molar-refractivity contribution is 5.91. The molecule has 3 atom stereocenters. The third-order valence-electron chi connectivity index (χ3n) is 7.05. The van der Waals surface area contributed by atoms with Crippen LogP contribution in [-0.2, 0) is 14.9 Å². The van der Waals surface area contributed by atoms with E-state index in [0.29, 0.717) is 31.2 Å². The molecule has 0 aromatic heterocycles. The average Bonchev–Trinajstić information content (AvgIpc) is 3.66. The standard InChI is InChI=1S/C32H33F2NO4/c1-5-9-11-14-22(8-4)27-20-25(21-28(37-27)23(12-7-3)13-10-6-2)35-30(36)31(17-18-31)24-15-16-26-29(19-24)39-32(33,34)38-26/h5-16,19,25,27-28H,1-4,17-18,20-21H2,(H,35,36)/b11-9-,13-10-,22-14+,23-12+/t25-,27+,28-/m0/s1. The monoisotopic (exact) mass is 533 g/mol. The van der Waals surface area contributed by atoms with Crippen molar-refractivity contribution in [3.63, 3.8) is 0 Å². The fourth-order valence-electron chi connectivity index (χ4n) is 4.95. The van der Waals surface area contributed by atoms with Crippen molar-refractivity contribution in [1.29, 1.82) is 0 Å². The number of halogens is 2. The fraction of sp³-hybridized carbons (Fsp3) is 0.281. The minimum atomic E-state index is -3.71. The van der Waals surface area contributed by atoms with Gasteiger partial charge in [-0.1, -0.05) is 93.1 Å². The largest absolute Gasteiger partial charge is 0.586 e. The Hall–Kier alpha value is -3.97. The third-order valence-corrected chi connectivity index (χ3v) is 7.05. The second kappa shape index (κ2) is 11.8. The van der Waals surface area contributed by atoms with Gasteiger partial charge in [0, 0.05) is 6.04 Å². The molecule has 0 radical (unpaired) electrons. The van der Waals surface area contributed by atoms with Gasteiger partial charge in [-0.2, -0.15) is 0 Å². The summed E-state index contributed by atoms with van der Waals surface area (Å²) < 4.78 is 42.7. The summed E-state index contributed by atoms with van der Waals surface area (Å²) in [6.07, 6.45) is 16.0. The molecule has 7 heteroatoms. The van der Waals surface area contributed by atoms with Gasteiger partial charge in [-0.3, -0.25) is 4.79 Å². The number of fused-ring (bicyclic) bond motifs is 1. The van der Waals surface area contributed by atoms with Crippen LogP contribution in [-0.4, -0.2) is 30.5 Å². The van der Waals surface area contributed by atoms with Gasteiger partial charge in [-0.05, 0) is 54.5 Å². The minimum absolute atomic E-state index is 0.0431. The van der Waals surface area contributed by atoms with Gasteiger partial charge in [0.2, 0.25) is 5.91 Å². The molecular formula is C32H33F2NO4. The van der Waals surface area contributed by atoms with Crippen LogP contribution >= 0.6 is 0 Å². The van der Waals surface area contributed by atoms with E-state index >= 15 is 0 Å². The van der Waals surface area contributed by atoms with Crippen molar-refractivity contribution in [2.45, 2.75) is 55.6 Å². The molecule has 4 rings (SSSR count). The van der Waals surface area contributed by atoms with Crippen molar-refractivity contribution in [2.75, 3.05) is 0 Å². The molecule has 2 heterocycles. The zero-order valence-electron chi connectivity index (χ0n) is 21.8. The van der Waals surface area contributed by atoms with Crippen molar-refractivity contribution < 1.29 is 27.8 Å². The zero-order valence-corrected chi connectivity index (χ0v) is 21.8. The topological polar surface area (TPSA) is 56.8 Å². The van der Waals surface area contributed by atoms with Gasteiger partial charge < -0.3 is 19.5 Å². The van der Waals surface area contributed by atoms with E-state index in [9.17, 15) is 13.6 Å². The number of amides is 1. The number of allylic oxidation sites excluding steroid dienone is 8. The summed E-state index contributed by atoms with van der Waals surface area (Å²) in [5.74, 6) is -0.258. The Morgan fingerprint density at radius 2 is 1.59 bits per heavy atom. The van der Waals surface area contributed by atoms with E-state index in [0.717, 1.165) is 11.1 Å². The lowest BCUT2D eigenvalue weighted by Crippen LogP contribution is -2.49. The fourth-order valence-corrected chi connectivity index (χ4v) is 4.95. The van der Waals surface area contributed by atoms with E-state index in [2.05, 4.69) is 41.1 Å². The molecule has 5 nitrogen and oxygen atoms in total. The molecule has 204 valence electrons. The number of ether oxygens (including phenoxy) is 3. The summed E-state index contributed by atoms with van der Waals surface area (Å²) in [6.45, 7) is 15.2. The summed E-state index contributed by atoms with van der Waals surface area (Å²) in [7, 11) is 0. The lowest BCUT2D eigenvalue weighted by Gasteiger charge is -2.37. The third kappa shape index (κ3) is 6.37. The molecule has 1 saturated carbocycles. The molecule has 2 aliphatic heterocycles. The predicted octanol–water partition coefficient (Wildman–Crippen LogP) is 6.78. The molecule has 0 spiro atoms. The first-order valence-electron chi connectivity index (χ1n) is 12.9. The maximum absolute atomic E-state index is 13.7. The van der Waals surface area contributed by atoms with Crippen LogP contribution in [0.2, 0.25) is 0 Å². The molecular weight excluding hydrogens is 500 g/mol. The molecule has 39 heavy (non-hydrogen) atoms. The van der Waals surface area contributed by atoms with Crippen LogP contribution in [0.3, 0.4) is 0 Å². The number of nitrogens with one attached hydrogen (secondary N) is 1. The van der Waals surface area contributed by atoms with Crippen LogP contribution < -0.4 is 14.8 Å². The van der Waals surface area contributed by atoms with Gasteiger partial charge in [0.1, 0.15) is 0 Å². The lowest BCUT2D eigenvalue weighted by molar-refractivity contribution is -0.286. The Labute approximate surface area is 228 Å². The quantitative estimate of drug-likeness (QED) is 0.319. The van der Waals surface area contributed by atoms with E-state index in [4.69, 9.17) is 4.74 Å². The molecule has 1 aromatic carbocycles. The van der Waals surface area contributed by atoms with Crippen LogP contribution in [0.25, 0.3) is 0 Å². The molecule has 1 aromatic rings. The molecule has 1 amide bonds. The van der Waals surface area contributed by atoms with Crippen LogP contribution in [0.1, 0.15) is 31.2 Å². The van der Waals surface area contributed by atoms with Gasteiger partial charge in [-0.25, -0.2) is 0 Å². The van der Waals surface area contributed by atoms with E-state index in [1.54, 1.807) is 30.4 Å². The van der Waals surface area contributed by atoms with E-state index < -0.39 is 11.7 Å². The number of hydrogen-bond donors (Lipinski definition) is 1. The first-order valence-corrected chi connectivity index (χ1v) is 12.9. The van der Waals surface area contributed by atoms with Crippen molar-refractivity contribution in [3.8, 4) is 11.5 Å². The number of benzene rings is 1. The average molecular weight is 534 g/mol. The van der Waals surface area contributed by atoms with E-state index in [-0.39, 0.29) is 35.7 Å². The maximum atomic E-state index is 13.7. The maximum Gasteiger partial charge on any atom is 0.586 e. The van der Waals surface area contributed by atoms with Crippen LogP contribution in [0, 0.1) is 0 Å². The van der Waals surface area contributed by atoms with Gasteiger partial charge in [0.05, 0.1) is 17.6 Å². The van der Waals surface area contributed by atoms with Gasteiger partial charge in [0.15, 0.2) is 11.5 Å². The normalized spacial score (nSPS) is 25.3. The zero-order chi connectivity index (χ0) is 28.0. The highest BCUT2D eigenvalue weighted by Crippen LogP contribution is 2.52. The van der Waals surface area contributed by atoms with Crippen LogP contribution in [0.4, 0.5) is 8.78 Å². The lowest BCUT2D eigenvalue weighted by atomic mass is 9.88. The summed E-state index contributed by atoms with van der Waals surface area (Å²) in [4.78, 5) is 13.7. The van der Waals surface area contributed by atoms with Crippen LogP contribution in [0.5, 0.6) is 11.5 Å². The highest BCUT2D eigenvalue weighted by Gasteiger charge is 2.53. The number of carbonyl (C=O) groups excluding carboxylic acids is 1. The van der Waals surface area contributed by atoms with Crippen molar-refractivity contribution in [2.24, 2.45) is 0 Å². The summed E-state index contributed by atoms with van der Waals surface area (Å²) in [6, 6.07) is 4.35. The summed E-state index contributed by atoms with van der Waals surface area (Å²) >= 11 is 0. The smallest absolute Gasteiger partial charge is 0.395 e. The summed E-state index contributed by atoms with van der Waals surface area (Å²) in [5.41, 5.74) is 1.60. The molecule has 0 bridgehead atoms. The van der Waals surface area contributed by atoms with E-state index in [1.165, 1.54) is 12.1 Å². The van der Waals surface area contributed by atoms with Gasteiger partial charge in [0.25, 0.3) is 0 Å². The SMILES string of the molecule is C=C/C=C\C=C(/C=C)[C@H]1C[C@H](NC(=O)C2(c3ccc4c(c3)OC(F)(F)O4)CC2)C[C@@H](C(/C=C\C=C)=C/C=C)O1.